The van der Waals surface area contributed by atoms with Crippen molar-refractivity contribution in [3.63, 3.8) is 0 Å². The van der Waals surface area contributed by atoms with Crippen molar-refractivity contribution in [2.24, 2.45) is 0 Å². The maximum absolute atomic E-state index is 11.0. The quantitative estimate of drug-likeness (QED) is 0.427. The van der Waals surface area contributed by atoms with Gasteiger partial charge in [-0.1, -0.05) is 6.92 Å². The second kappa shape index (κ2) is 2.62. The molecular formula is C7H10O4. The molecule has 0 aliphatic carbocycles. The Kier molecular flexibility index (Phi) is 1.95. The van der Waals surface area contributed by atoms with Crippen molar-refractivity contribution < 1.29 is 19.1 Å². The first kappa shape index (κ1) is 8.20. The molecule has 0 radical (unpaired) electrons. The van der Waals surface area contributed by atoms with Crippen LogP contribution in [0, 0.1) is 0 Å². The molecule has 1 fully saturated rings. The lowest BCUT2D eigenvalue weighted by Gasteiger charge is -2.18. The molecule has 0 aromatic rings. The summed E-state index contributed by atoms with van der Waals surface area (Å²) in [5.74, 6) is -1.06. The fourth-order valence-electron chi connectivity index (χ4n) is 1.11. The minimum atomic E-state index is -1.00. The van der Waals surface area contributed by atoms with E-state index in [4.69, 9.17) is 4.74 Å². The van der Waals surface area contributed by atoms with E-state index in [0.717, 1.165) is 0 Å². The molecule has 0 N–H and O–H groups in total. The number of carbonyl (C=O) groups is 2. The molecule has 0 spiro atoms. The molecule has 4 nitrogen and oxygen atoms in total. The van der Waals surface area contributed by atoms with Crippen LogP contribution in [-0.2, 0) is 19.1 Å². The highest BCUT2D eigenvalue weighted by Crippen LogP contribution is 2.27. The molecular weight excluding hydrogens is 148 g/mol. The van der Waals surface area contributed by atoms with E-state index >= 15 is 0 Å². The predicted molar refractivity (Wildman–Crippen MR) is 35.7 cm³/mol. The van der Waals surface area contributed by atoms with E-state index in [0.29, 0.717) is 6.42 Å². The average Bonchev–Trinajstić information content (AvgIpc) is 2.27. The van der Waals surface area contributed by atoms with Crippen LogP contribution >= 0.6 is 0 Å². The van der Waals surface area contributed by atoms with E-state index in [1.54, 1.807) is 6.92 Å². The van der Waals surface area contributed by atoms with Gasteiger partial charge < -0.3 is 9.47 Å². The minimum Gasteiger partial charge on any atom is -0.391 e. The van der Waals surface area contributed by atoms with Crippen molar-refractivity contribution in [2.75, 3.05) is 7.11 Å². The van der Waals surface area contributed by atoms with Crippen LogP contribution in [0.5, 0.6) is 0 Å². The van der Waals surface area contributed by atoms with E-state index < -0.39 is 17.5 Å². The van der Waals surface area contributed by atoms with Gasteiger partial charge in [0.15, 0.2) is 5.60 Å². The monoisotopic (exact) mass is 158 g/mol. The third-order valence-electron chi connectivity index (χ3n) is 1.97. The smallest absolute Gasteiger partial charge is 0.346 e. The summed E-state index contributed by atoms with van der Waals surface area (Å²) < 4.78 is 9.29. The Hall–Kier alpha value is -0.900. The van der Waals surface area contributed by atoms with E-state index in [1.807, 2.05) is 0 Å². The van der Waals surface area contributed by atoms with Crippen molar-refractivity contribution >= 4 is 11.9 Å². The molecule has 1 aliphatic heterocycles. The number of carbonyl (C=O) groups excluding carboxylic acids is 2. The first-order valence-corrected chi connectivity index (χ1v) is 3.45. The van der Waals surface area contributed by atoms with Gasteiger partial charge in [0.25, 0.3) is 0 Å². The number of hydrogen-bond acceptors (Lipinski definition) is 4. The van der Waals surface area contributed by atoms with Crippen molar-refractivity contribution in [2.45, 2.75) is 25.4 Å². The summed E-state index contributed by atoms with van der Waals surface area (Å²) in [4.78, 5) is 21.7. The van der Waals surface area contributed by atoms with Gasteiger partial charge in [-0.15, -0.1) is 0 Å². The lowest BCUT2D eigenvalue weighted by atomic mass is 9.99. The van der Waals surface area contributed by atoms with Crippen LogP contribution in [0.1, 0.15) is 19.8 Å². The fourth-order valence-corrected chi connectivity index (χ4v) is 1.11. The van der Waals surface area contributed by atoms with E-state index in [-0.39, 0.29) is 6.42 Å². The Morgan fingerprint density at radius 1 is 1.64 bits per heavy atom. The van der Waals surface area contributed by atoms with Gasteiger partial charge in [-0.05, 0) is 6.42 Å². The van der Waals surface area contributed by atoms with Gasteiger partial charge in [-0.25, -0.2) is 4.79 Å². The lowest BCUT2D eigenvalue weighted by molar-refractivity contribution is -0.160. The molecule has 1 saturated heterocycles. The molecule has 0 amide bonds. The van der Waals surface area contributed by atoms with Crippen molar-refractivity contribution in [1.82, 2.24) is 0 Å². The van der Waals surface area contributed by atoms with Crippen molar-refractivity contribution in [3.8, 4) is 0 Å². The maximum Gasteiger partial charge on any atom is 0.346 e. The van der Waals surface area contributed by atoms with Gasteiger partial charge in [0.05, 0.1) is 6.42 Å². The Labute approximate surface area is 64.5 Å². The zero-order chi connectivity index (χ0) is 8.48. The molecule has 0 aromatic carbocycles. The standard InChI is InChI=1S/C7H10O4/c1-3-7(10-2)4-5(8)11-6(7)9/h3-4H2,1-2H3. The second-order valence-electron chi connectivity index (χ2n) is 2.49. The van der Waals surface area contributed by atoms with Gasteiger partial charge in [-0.2, -0.15) is 0 Å². The second-order valence-corrected chi connectivity index (χ2v) is 2.49. The highest BCUT2D eigenvalue weighted by molar-refractivity contribution is 5.99. The zero-order valence-electron chi connectivity index (χ0n) is 6.55. The van der Waals surface area contributed by atoms with Crippen molar-refractivity contribution in [3.05, 3.63) is 0 Å². The van der Waals surface area contributed by atoms with E-state index in [2.05, 4.69) is 4.74 Å². The SMILES string of the molecule is CCC1(OC)CC(=O)OC1=O. The molecule has 4 heteroatoms. The van der Waals surface area contributed by atoms with Crippen LogP contribution in [0.15, 0.2) is 0 Å². The first-order valence-electron chi connectivity index (χ1n) is 3.45. The maximum atomic E-state index is 11.0. The topological polar surface area (TPSA) is 52.6 Å². The zero-order valence-corrected chi connectivity index (χ0v) is 6.55. The minimum absolute atomic E-state index is 0.0405. The summed E-state index contributed by atoms with van der Waals surface area (Å²) in [6.45, 7) is 1.78. The molecule has 0 saturated carbocycles. The Bertz CT molecular complexity index is 193. The number of esters is 2. The number of rotatable bonds is 2. The largest absolute Gasteiger partial charge is 0.391 e. The summed E-state index contributed by atoms with van der Waals surface area (Å²) in [7, 11) is 1.41. The molecule has 62 valence electrons. The van der Waals surface area contributed by atoms with Crippen LogP contribution in [0.2, 0.25) is 0 Å². The van der Waals surface area contributed by atoms with Gasteiger partial charge in [0, 0.05) is 7.11 Å². The summed E-state index contributed by atoms with van der Waals surface area (Å²) in [5, 5.41) is 0. The molecule has 0 bridgehead atoms. The number of hydrogen-bond donors (Lipinski definition) is 0. The van der Waals surface area contributed by atoms with Crippen LogP contribution < -0.4 is 0 Å². The summed E-state index contributed by atoms with van der Waals surface area (Å²) in [6, 6.07) is 0. The highest BCUT2D eigenvalue weighted by Gasteiger charge is 2.48. The number of ether oxygens (including phenoxy) is 2. The summed E-state index contributed by atoms with van der Waals surface area (Å²) >= 11 is 0. The first-order chi connectivity index (χ1) is 5.14. The van der Waals surface area contributed by atoms with Gasteiger partial charge in [-0.3, -0.25) is 4.79 Å². The molecule has 1 aliphatic rings. The van der Waals surface area contributed by atoms with Crippen LogP contribution in [0.25, 0.3) is 0 Å². The fraction of sp³-hybridized carbons (Fsp3) is 0.714. The Morgan fingerprint density at radius 2 is 2.27 bits per heavy atom. The third-order valence-corrected chi connectivity index (χ3v) is 1.97. The number of methoxy groups -OCH3 is 1. The Balaban J connectivity index is 2.84. The third kappa shape index (κ3) is 1.14. The lowest BCUT2D eigenvalue weighted by Crippen LogP contribution is -2.35. The molecule has 11 heavy (non-hydrogen) atoms. The Morgan fingerprint density at radius 3 is 2.45 bits per heavy atom. The highest BCUT2D eigenvalue weighted by atomic mass is 16.6. The van der Waals surface area contributed by atoms with Crippen molar-refractivity contribution in [1.29, 1.82) is 0 Å². The van der Waals surface area contributed by atoms with Gasteiger partial charge >= 0.3 is 11.9 Å². The van der Waals surface area contributed by atoms with Crippen LogP contribution in [-0.4, -0.2) is 24.6 Å². The van der Waals surface area contributed by atoms with E-state index in [9.17, 15) is 9.59 Å². The van der Waals surface area contributed by atoms with E-state index in [1.165, 1.54) is 7.11 Å². The summed E-state index contributed by atoms with van der Waals surface area (Å²) in [6.07, 6.45) is 0.507. The molecule has 1 unspecified atom stereocenters. The normalized spacial score (nSPS) is 30.7. The molecule has 0 aromatic heterocycles. The molecule has 1 heterocycles. The summed E-state index contributed by atoms with van der Waals surface area (Å²) in [5.41, 5.74) is -1.00. The number of cyclic esters (lactones) is 2. The van der Waals surface area contributed by atoms with Gasteiger partial charge in [0.2, 0.25) is 0 Å². The molecule has 1 atom stereocenters. The van der Waals surface area contributed by atoms with Gasteiger partial charge in [0.1, 0.15) is 0 Å². The average molecular weight is 158 g/mol. The predicted octanol–water partition coefficient (Wildman–Crippen LogP) is 0.255. The van der Waals surface area contributed by atoms with Crippen LogP contribution in [0.3, 0.4) is 0 Å². The van der Waals surface area contributed by atoms with Crippen LogP contribution in [0.4, 0.5) is 0 Å². The molecule has 1 rings (SSSR count).